The zero-order chi connectivity index (χ0) is 16.9. The molecule has 0 spiro atoms. The number of likely N-dealkylation sites (tertiary alicyclic amines) is 1. The second-order valence-electron chi connectivity index (χ2n) is 6.35. The summed E-state index contributed by atoms with van der Waals surface area (Å²) in [6.45, 7) is 4.34. The summed E-state index contributed by atoms with van der Waals surface area (Å²) < 4.78 is 1.17. The largest absolute Gasteiger partial charge is 0.299 e. The van der Waals surface area contributed by atoms with Crippen LogP contribution in [0, 0.1) is 0 Å². The van der Waals surface area contributed by atoms with Gasteiger partial charge in [0.1, 0.15) is 4.34 Å². The van der Waals surface area contributed by atoms with Gasteiger partial charge in [-0.05, 0) is 43.8 Å². The van der Waals surface area contributed by atoms with Crippen LogP contribution in [0.1, 0.15) is 23.3 Å². The second kappa shape index (κ2) is 8.68. The van der Waals surface area contributed by atoms with Crippen LogP contribution in [0.5, 0.6) is 0 Å². The van der Waals surface area contributed by atoms with E-state index in [9.17, 15) is 0 Å². The minimum atomic E-state index is 0.656. The predicted molar refractivity (Wildman–Crippen MR) is 105 cm³/mol. The van der Waals surface area contributed by atoms with Gasteiger partial charge in [0.2, 0.25) is 0 Å². The van der Waals surface area contributed by atoms with Crippen molar-refractivity contribution in [2.75, 3.05) is 26.4 Å². The van der Waals surface area contributed by atoms with Gasteiger partial charge in [0.05, 0.1) is 0 Å². The monoisotopic (exact) mass is 381 g/mol. The maximum atomic E-state index is 6.09. The Bertz CT molecular complexity index is 653. The van der Waals surface area contributed by atoms with Crippen molar-refractivity contribution in [3.63, 3.8) is 0 Å². The molecule has 3 rings (SSSR count). The van der Waals surface area contributed by atoms with Crippen molar-refractivity contribution in [1.29, 1.82) is 0 Å². The molecule has 0 radical (unpaired) electrons. The van der Waals surface area contributed by atoms with E-state index in [1.165, 1.54) is 27.6 Å². The number of hydrogen-bond acceptors (Lipinski definition) is 5. The minimum absolute atomic E-state index is 0.656. The summed E-state index contributed by atoms with van der Waals surface area (Å²) in [6, 6.07) is 8.85. The fraction of sp³-hybridized carbons (Fsp3) is 0.500. The van der Waals surface area contributed by atoms with Crippen LogP contribution >= 0.6 is 34.7 Å². The number of thioether (sulfide) groups is 1. The van der Waals surface area contributed by atoms with Gasteiger partial charge in [0.15, 0.2) is 0 Å². The van der Waals surface area contributed by atoms with E-state index in [1.807, 2.05) is 29.7 Å². The molecule has 1 aromatic carbocycles. The Kier molecular flexibility index (Phi) is 6.58. The minimum Gasteiger partial charge on any atom is -0.299 e. The first-order valence-electron chi connectivity index (χ1n) is 8.30. The number of piperidine rings is 1. The van der Waals surface area contributed by atoms with Crippen LogP contribution in [-0.2, 0) is 13.1 Å². The van der Waals surface area contributed by atoms with Crippen molar-refractivity contribution in [1.82, 2.24) is 14.8 Å². The lowest BCUT2D eigenvalue weighted by Crippen LogP contribution is -2.42. The zero-order valence-electron chi connectivity index (χ0n) is 14.2. The van der Waals surface area contributed by atoms with Gasteiger partial charge in [-0.15, -0.1) is 11.3 Å². The summed E-state index contributed by atoms with van der Waals surface area (Å²) in [7, 11) is 2.23. The Hall–Kier alpha value is -0.590. The molecule has 24 heavy (non-hydrogen) atoms. The van der Waals surface area contributed by atoms with Gasteiger partial charge in [-0.25, -0.2) is 4.98 Å². The van der Waals surface area contributed by atoms with Gasteiger partial charge >= 0.3 is 0 Å². The van der Waals surface area contributed by atoms with Crippen molar-refractivity contribution in [2.24, 2.45) is 0 Å². The van der Waals surface area contributed by atoms with E-state index in [-0.39, 0.29) is 0 Å². The first kappa shape index (κ1) is 18.2. The average Bonchev–Trinajstić information content (AvgIpc) is 3.03. The molecule has 0 aliphatic carbocycles. The number of hydrogen-bond donors (Lipinski definition) is 0. The third-order valence-electron chi connectivity index (χ3n) is 4.59. The van der Waals surface area contributed by atoms with Gasteiger partial charge in [-0.1, -0.05) is 35.5 Å². The van der Waals surface area contributed by atoms with Crippen LogP contribution in [-0.4, -0.2) is 47.2 Å². The molecule has 0 bridgehead atoms. The molecular weight excluding hydrogens is 358 g/mol. The molecule has 1 saturated heterocycles. The second-order valence-corrected chi connectivity index (χ2v) is 8.95. The Morgan fingerprint density at radius 1 is 1.38 bits per heavy atom. The van der Waals surface area contributed by atoms with E-state index in [2.05, 4.69) is 40.2 Å². The van der Waals surface area contributed by atoms with Crippen LogP contribution in [0.15, 0.2) is 34.8 Å². The molecule has 1 aliphatic rings. The fourth-order valence-corrected chi connectivity index (χ4v) is 4.96. The average molecular weight is 382 g/mol. The van der Waals surface area contributed by atoms with Crippen molar-refractivity contribution in [3.05, 3.63) is 45.9 Å². The topological polar surface area (TPSA) is 19.4 Å². The van der Waals surface area contributed by atoms with E-state index >= 15 is 0 Å². The lowest BCUT2D eigenvalue weighted by atomic mass is 10.0. The number of nitrogens with zero attached hydrogens (tertiary/aromatic N) is 3. The van der Waals surface area contributed by atoms with E-state index in [4.69, 9.17) is 11.6 Å². The first-order chi connectivity index (χ1) is 11.6. The van der Waals surface area contributed by atoms with Gasteiger partial charge in [-0.3, -0.25) is 9.80 Å². The normalized spacial score (nSPS) is 16.8. The molecule has 0 atom stereocenters. The summed E-state index contributed by atoms with van der Waals surface area (Å²) in [5, 5.41) is 0.824. The smallest absolute Gasteiger partial charge is 0.149 e. The summed E-state index contributed by atoms with van der Waals surface area (Å²) in [4.78, 5) is 10.8. The van der Waals surface area contributed by atoms with E-state index in [0.29, 0.717) is 6.04 Å². The van der Waals surface area contributed by atoms with Crippen molar-refractivity contribution >= 4 is 34.7 Å². The Labute approximate surface area is 158 Å². The highest BCUT2D eigenvalue weighted by molar-refractivity contribution is 8.00. The van der Waals surface area contributed by atoms with Crippen LogP contribution in [0.25, 0.3) is 0 Å². The molecular formula is C18H24ClN3S2. The molecule has 1 aromatic heterocycles. The quantitative estimate of drug-likeness (QED) is 0.680. The summed E-state index contributed by atoms with van der Waals surface area (Å²) in [6.07, 6.45) is 6.58. The van der Waals surface area contributed by atoms with E-state index < -0.39 is 0 Å². The number of halogens is 1. The van der Waals surface area contributed by atoms with E-state index in [0.717, 1.165) is 31.2 Å². The molecule has 0 amide bonds. The van der Waals surface area contributed by atoms with Crippen molar-refractivity contribution in [3.8, 4) is 0 Å². The highest BCUT2D eigenvalue weighted by Gasteiger charge is 2.23. The van der Waals surface area contributed by atoms with E-state index in [1.54, 1.807) is 11.8 Å². The molecule has 1 aliphatic heterocycles. The third-order valence-corrected chi connectivity index (χ3v) is 6.80. The van der Waals surface area contributed by atoms with Crippen LogP contribution < -0.4 is 0 Å². The Balaban J connectivity index is 1.47. The van der Waals surface area contributed by atoms with Crippen LogP contribution in [0.3, 0.4) is 0 Å². The molecule has 6 heteroatoms. The van der Waals surface area contributed by atoms with Gasteiger partial charge in [0.25, 0.3) is 0 Å². The van der Waals surface area contributed by atoms with Crippen LogP contribution in [0.2, 0.25) is 5.02 Å². The summed E-state index contributed by atoms with van der Waals surface area (Å²) >= 11 is 9.65. The van der Waals surface area contributed by atoms with Gasteiger partial charge in [0, 0.05) is 48.3 Å². The Morgan fingerprint density at radius 2 is 2.17 bits per heavy atom. The fourth-order valence-electron chi connectivity index (χ4n) is 3.25. The van der Waals surface area contributed by atoms with Crippen molar-refractivity contribution in [2.45, 2.75) is 36.3 Å². The number of thiazole rings is 1. The maximum absolute atomic E-state index is 6.09. The molecule has 0 unspecified atom stereocenters. The number of rotatable bonds is 6. The van der Waals surface area contributed by atoms with Crippen LogP contribution in [0.4, 0.5) is 0 Å². The molecule has 0 N–H and O–H groups in total. The molecule has 2 heterocycles. The summed E-state index contributed by atoms with van der Waals surface area (Å²) in [5.74, 6) is 0. The van der Waals surface area contributed by atoms with Gasteiger partial charge < -0.3 is 0 Å². The maximum Gasteiger partial charge on any atom is 0.149 e. The summed E-state index contributed by atoms with van der Waals surface area (Å²) in [5.41, 5.74) is 1.29. The van der Waals surface area contributed by atoms with Crippen molar-refractivity contribution < 1.29 is 0 Å². The molecule has 3 nitrogen and oxygen atoms in total. The number of benzene rings is 1. The predicted octanol–water partition coefficient (Wildman–Crippen LogP) is 4.61. The molecule has 0 saturated carbocycles. The first-order valence-corrected chi connectivity index (χ1v) is 10.7. The molecule has 1 fully saturated rings. The zero-order valence-corrected chi connectivity index (χ0v) is 16.6. The van der Waals surface area contributed by atoms with Gasteiger partial charge in [-0.2, -0.15) is 0 Å². The number of aromatic nitrogens is 1. The highest BCUT2D eigenvalue weighted by atomic mass is 35.5. The highest BCUT2D eigenvalue weighted by Crippen LogP contribution is 2.25. The Morgan fingerprint density at radius 3 is 2.83 bits per heavy atom. The lowest BCUT2D eigenvalue weighted by molar-refractivity contribution is 0.120. The molecule has 2 aromatic rings. The standard InChI is InChI=1S/C18H24ClN3S2/c1-21(12-14-4-3-5-15(19)10-14)16-6-8-22(9-7-16)13-17-11-20-18(23-2)24-17/h3-5,10-11,16H,6-9,12-13H2,1-2H3. The lowest BCUT2D eigenvalue weighted by Gasteiger charge is -2.36. The molecule has 130 valence electrons. The SMILES string of the molecule is CSc1ncc(CN2CCC(N(C)Cc3cccc(Cl)c3)CC2)s1. The third kappa shape index (κ3) is 4.96.